The van der Waals surface area contributed by atoms with Crippen LogP contribution in [-0.2, 0) is 0 Å². The summed E-state index contributed by atoms with van der Waals surface area (Å²) in [4.78, 5) is 1.67. The number of ether oxygens (including phenoxy) is 2. The summed E-state index contributed by atoms with van der Waals surface area (Å²) in [5, 5.41) is 14.7. The van der Waals surface area contributed by atoms with Crippen LogP contribution in [0.3, 0.4) is 0 Å². The predicted molar refractivity (Wildman–Crippen MR) is 92.7 cm³/mol. The van der Waals surface area contributed by atoms with E-state index in [2.05, 4.69) is 22.3 Å². The Hall–Kier alpha value is -2.63. The van der Waals surface area contributed by atoms with Crippen molar-refractivity contribution in [1.82, 2.24) is 20.2 Å². The van der Waals surface area contributed by atoms with E-state index in [9.17, 15) is 0 Å². The van der Waals surface area contributed by atoms with Crippen LogP contribution < -0.4 is 9.47 Å². The van der Waals surface area contributed by atoms with E-state index in [0.29, 0.717) is 5.82 Å². The maximum Gasteiger partial charge on any atom is 0.171 e. The van der Waals surface area contributed by atoms with E-state index in [1.807, 2.05) is 37.3 Å². The molecular weight excluding hydrogens is 304 g/mol. The van der Waals surface area contributed by atoms with Gasteiger partial charge in [0.05, 0.1) is 14.2 Å². The van der Waals surface area contributed by atoms with Crippen LogP contribution in [0.4, 0.5) is 0 Å². The summed E-state index contributed by atoms with van der Waals surface area (Å²) >= 11 is 0. The highest BCUT2D eigenvalue weighted by molar-refractivity contribution is 5.94. The maximum atomic E-state index is 5.77. The van der Waals surface area contributed by atoms with Crippen LogP contribution in [0.1, 0.15) is 37.2 Å². The molecule has 24 heavy (non-hydrogen) atoms. The lowest BCUT2D eigenvalue weighted by atomic mass is 9.96. The molecule has 2 aromatic carbocycles. The van der Waals surface area contributed by atoms with E-state index < -0.39 is 0 Å². The molecule has 3 rings (SSSR count). The number of methoxy groups -OCH3 is 2. The standard InChI is InChI=1S/C18H22N4O2/c1-5-8-16(22-20-12(2)19-21-22)15-11-17(23-3)13-9-6-7-10-14(13)18(15)24-4/h6-7,9-11,16H,5,8H2,1-4H3. The number of hydrogen-bond donors (Lipinski definition) is 0. The van der Waals surface area contributed by atoms with Gasteiger partial charge >= 0.3 is 0 Å². The van der Waals surface area contributed by atoms with Crippen molar-refractivity contribution in [2.45, 2.75) is 32.7 Å². The van der Waals surface area contributed by atoms with Gasteiger partial charge in [-0.25, -0.2) is 0 Å². The summed E-state index contributed by atoms with van der Waals surface area (Å²) in [5.74, 6) is 2.31. The van der Waals surface area contributed by atoms with Crippen LogP contribution in [0.2, 0.25) is 0 Å². The largest absolute Gasteiger partial charge is 0.496 e. The monoisotopic (exact) mass is 326 g/mol. The fourth-order valence-corrected chi connectivity index (χ4v) is 3.08. The molecule has 0 N–H and O–H groups in total. The Bertz CT molecular complexity index is 844. The van der Waals surface area contributed by atoms with Gasteiger partial charge in [0.2, 0.25) is 0 Å². The van der Waals surface area contributed by atoms with E-state index in [1.165, 1.54) is 0 Å². The minimum absolute atomic E-state index is 0.0512. The molecule has 0 amide bonds. The van der Waals surface area contributed by atoms with Crippen LogP contribution >= 0.6 is 0 Å². The topological polar surface area (TPSA) is 62.1 Å². The zero-order valence-electron chi connectivity index (χ0n) is 14.5. The van der Waals surface area contributed by atoms with Gasteiger partial charge in [-0.05, 0) is 24.6 Å². The zero-order valence-corrected chi connectivity index (χ0v) is 14.5. The van der Waals surface area contributed by atoms with Gasteiger partial charge in [-0.3, -0.25) is 0 Å². The first-order valence-electron chi connectivity index (χ1n) is 8.09. The van der Waals surface area contributed by atoms with Crippen LogP contribution in [0.5, 0.6) is 11.5 Å². The van der Waals surface area contributed by atoms with Crippen molar-refractivity contribution in [1.29, 1.82) is 0 Å². The maximum absolute atomic E-state index is 5.77. The van der Waals surface area contributed by atoms with Gasteiger partial charge < -0.3 is 9.47 Å². The lowest BCUT2D eigenvalue weighted by Gasteiger charge is -2.21. The molecule has 1 atom stereocenters. The van der Waals surface area contributed by atoms with Crippen molar-refractivity contribution in [3.05, 3.63) is 41.7 Å². The average molecular weight is 326 g/mol. The van der Waals surface area contributed by atoms with Crippen LogP contribution in [0.25, 0.3) is 10.8 Å². The number of tetrazole rings is 1. The van der Waals surface area contributed by atoms with Gasteiger partial charge in [0, 0.05) is 16.3 Å². The van der Waals surface area contributed by atoms with Gasteiger partial charge in [0.1, 0.15) is 17.5 Å². The lowest BCUT2D eigenvalue weighted by molar-refractivity contribution is 0.374. The Kier molecular flexibility index (Phi) is 4.64. The average Bonchev–Trinajstić information content (AvgIpc) is 3.04. The molecule has 0 aliphatic rings. The summed E-state index contributed by atoms with van der Waals surface area (Å²) in [6.07, 6.45) is 1.87. The van der Waals surface area contributed by atoms with Crippen molar-refractivity contribution < 1.29 is 9.47 Å². The molecule has 1 unspecified atom stereocenters. The molecule has 0 aliphatic heterocycles. The molecule has 0 bridgehead atoms. The van der Waals surface area contributed by atoms with Gasteiger partial charge in [-0.2, -0.15) is 4.80 Å². The molecule has 1 heterocycles. The smallest absolute Gasteiger partial charge is 0.171 e. The number of fused-ring (bicyclic) bond motifs is 1. The van der Waals surface area contributed by atoms with Crippen molar-refractivity contribution in [3.63, 3.8) is 0 Å². The van der Waals surface area contributed by atoms with Crippen molar-refractivity contribution in [3.8, 4) is 11.5 Å². The van der Waals surface area contributed by atoms with Crippen molar-refractivity contribution in [2.75, 3.05) is 14.2 Å². The van der Waals surface area contributed by atoms with E-state index >= 15 is 0 Å². The van der Waals surface area contributed by atoms with E-state index in [1.54, 1.807) is 19.0 Å². The molecule has 6 heteroatoms. The van der Waals surface area contributed by atoms with Gasteiger partial charge in [-0.1, -0.05) is 37.6 Å². The molecule has 0 aliphatic carbocycles. The van der Waals surface area contributed by atoms with E-state index in [4.69, 9.17) is 9.47 Å². The Morgan fingerprint density at radius 1 is 1.12 bits per heavy atom. The Morgan fingerprint density at radius 2 is 1.88 bits per heavy atom. The second-order valence-electron chi connectivity index (χ2n) is 5.71. The second-order valence-corrected chi connectivity index (χ2v) is 5.71. The Morgan fingerprint density at radius 3 is 2.46 bits per heavy atom. The van der Waals surface area contributed by atoms with Gasteiger partial charge in [0.25, 0.3) is 0 Å². The molecule has 3 aromatic rings. The number of aromatic nitrogens is 4. The SMILES string of the molecule is CCCC(c1cc(OC)c2ccccc2c1OC)n1nnc(C)n1. The molecule has 126 valence electrons. The third kappa shape index (κ3) is 2.79. The molecule has 0 radical (unpaired) electrons. The minimum atomic E-state index is -0.0512. The molecule has 0 saturated carbocycles. The summed E-state index contributed by atoms with van der Waals surface area (Å²) in [5.41, 5.74) is 1.01. The summed E-state index contributed by atoms with van der Waals surface area (Å²) in [6.45, 7) is 3.98. The quantitative estimate of drug-likeness (QED) is 0.693. The lowest BCUT2D eigenvalue weighted by Crippen LogP contribution is -2.15. The third-order valence-electron chi connectivity index (χ3n) is 4.14. The number of hydrogen-bond acceptors (Lipinski definition) is 5. The molecular formula is C18H22N4O2. The fraction of sp³-hybridized carbons (Fsp3) is 0.389. The molecule has 6 nitrogen and oxygen atoms in total. The fourth-order valence-electron chi connectivity index (χ4n) is 3.08. The van der Waals surface area contributed by atoms with Crippen molar-refractivity contribution in [2.24, 2.45) is 0 Å². The first kappa shape index (κ1) is 16.2. The number of aryl methyl sites for hydroxylation is 1. The Balaban J connectivity index is 2.25. The predicted octanol–water partition coefficient (Wildman–Crippen LogP) is 3.54. The molecule has 0 spiro atoms. The molecule has 0 fully saturated rings. The number of benzene rings is 2. The van der Waals surface area contributed by atoms with E-state index in [0.717, 1.165) is 40.7 Å². The number of rotatable bonds is 6. The normalized spacial score (nSPS) is 12.3. The second kappa shape index (κ2) is 6.86. The van der Waals surface area contributed by atoms with Gasteiger partial charge in [-0.15, -0.1) is 10.2 Å². The molecule has 0 saturated heterocycles. The highest BCUT2D eigenvalue weighted by atomic mass is 16.5. The van der Waals surface area contributed by atoms with Crippen molar-refractivity contribution >= 4 is 10.8 Å². The summed E-state index contributed by atoms with van der Waals surface area (Å²) in [6, 6.07) is 10.1. The highest BCUT2D eigenvalue weighted by Crippen LogP contribution is 2.41. The highest BCUT2D eigenvalue weighted by Gasteiger charge is 2.23. The number of nitrogens with zero attached hydrogens (tertiary/aromatic N) is 4. The molecule has 1 aromatic heterocycles. The van der Waals surface area contributed by atoms with Crippen LogP contribution in [0, 0.1) is 6.92 Å². The first-order valence-corrected chi connectivity index (χ1v) is 8.09. The van der Waals surface area contributed by atoms with Gasteiger partial charge in [0.15, 0.2) is 5.82 Å². The summed E-state index contributed by atoms with van der Waals surface area (Å²) in [7, 11) is 3.38. The zero-order chi connectivity index (χ0) is 17.1. The van der Waals surface area contributed by atoms with Crippen LogP contribution in [0.15, 0.2) is 30.3 Å². The van der Waals surface area contributed by atoms with Crippen LogP contribution in [-0.4, -0.2) is 34.4 Å². The third-order valence-corrected chi connectivity index (χ3v) is 4.14. The first-order chi connectivity index (χ1) is 11.7. The Labute approximate surface area is 141 Å². The minimum Gasteiger partial charge on any atom is -0.496 e. The summed E-state index contributed by atoms with van der Waals surface area (Å²) < 4.78 is 11.4. The van der Waals surface area contributed by atoms with E-state index in [-0.39, 0.29) is 6.04 Å².